The molecule has 3 nitrogen and oxygen atoms in total. The Bertz CT molecular complexity index is 427. The lowest BCUT2D eigenvalue weighted by Gasteiger charge is -2.05. The number of ether oxygens (including phenoxy) is 1. The van der Waals surface area contributed by atoms with Crippen molar-refractivity contribution in [2.75, 3.05) is 21.2 Å². The number of methoxy groups -OCH3 is 1. The summed E-state index contributed by atoms with van der Waals surface area (Å²) in [7, 11) is 5.22. The summed E-state index contributed by atoms with van der Waals surface area (Å²) in [5.41, 5.74) is 0.857. The molecule has 1 rings (SSSR count). The van der Waals surface area contributed by atoms with Gasteiger partial charge in [-0.3, -0.25) is 4.79 Å². The van der Waals surface area contributed by atoms with Crippen molar-refractivity contribution in [1.29, 1.82) is 0 Å². The molecule has 0 aliphatic carbocycles. The van der Waals surface area contributed by atoms with E-state index < -0.39 is 0 Å². The van der Waals surface area contributed by atoms with Crippen molar-refractivity contribution in [3.63, 3.8) is 0 Å². The quantitative estimate of drug-likeness (QED) is 0.754. The molecule has 0 saturated heterocycles. The predicted octanol–water partition coefficient (Wildman–Crippen LogP) is 2.34. The Morgan fingerprint density at radius 3 is 2.82 bits per heavy atom. The van der Waals surface area contributed by atoms with Crippen molar-refractivity contribution in [3.8, 4) is 5.75 Å². The summed E-state index contributed by atoms with van der Waals surface area (Å²) in [4.78, 5) is 13.3. The average molecular weight is 253 g/mol. The van der Waals surface area contributed by atoms with E-state index >= 15 is 0 Å². The fourth-order valence-corrected chi connectivity index (χ4v) is 1.45. The summed E-state index contributed by atoms with van der Waals surface area (Å²) in [5.74, 6) is 0.497. The van der Waals surface area contributed by atoms with Gasteiger partial charge in [-0.1, -0.05) is 17.7 Å². The van der Waals surface area contributed by atoms with Gasteiger partial charge in [0.1, 0.15) is 5.75 Å². The second-order valence-electron chi connectivity index (χ2n) is 3.81. The molecule has 0 saturated carbocycles. The molecule has 4 heteroatoms. The molecule has 0 spiro atoms. The average Bonchev–Trinajstić information content (AvgIpc) is 2.29. The maximum Gasteiger partial charge on any atom is 0.169 e. The van der Waals surface area contributed by atoms with E-state index in [1.807, 2.05) is 14.1 Å². The predicted molar refractivity (Wildman–Crippen MR) is 68.2 cm³/mol. The molecule has 0 aliphatic heterocycles. The van der Waals surface area contributed by atoms with Crippen LogP contribution >= 0.6 is 11.6 Å². The highest BCUT2D eigenvalue weighted by Crippen LogP contribution is 2.25. The fraction of sp³-hybridized carbons (Fsp3) is 0.308. The van der Waals surface area contributed by atoms with E-state index in [9.17, 15) is 4.79 Å². The third kappa shape index (κ3) is 4.49. The van der Waals surface area contributed by atoms with Crippen LogP contribution in [0.3, 0.4) is 0 Å². The first-order valence-electron chi connectivity index (χ1n) is 5.14. The van der Waals surface area contributed by atoms with Gasteiger partial charge in [0, 0.05) is 32.8 Å². The molecule has 0 fully saturated rings. The van der Waals surface area contributed by atoms with E-state index in [4.69, 9.17) is 16.3 Å². The number of hydrogen-bond acceptors (Lipinski definition) is 3. The molecule has 0 N–H and O–H groups in total. The van der Waals surface area contributed by atoms with Crippen LogP contribution in [0.1, 0.15) is 5.56 Å². The van der Waals surface area contributed by atoms with Crippen molar-refractivity contribution in [3.05, 3.63) is 41.1 Å². The van der Waals surface area contributed by atoms with E-state index in [-0.39, 0.29) is 12.2 Å². The first-order valence-corrected chi connectivity index (χ1v) is 5.52. The molecule has 0 aliphatic rings. The molecule has 1 aromatic rings. The zero-order valence-electron chi connectivity index (χ0n) is 10.2. The number of nitrogens with zero attached hydrogens (tertiary/aromatic N) is 1. The molecule has 17 heavy (non-hydrogen) atoms. The molecule has 0 bridgehead atoms. The number of benzene rings is 1. The van der Waals surface area contributed by atoms with Crippen LogP contribution in [0.15, 0.2) is 24.4 Å². The third-order valence-electron chi connectivity index (χ3n) is 2.06. The topological polar surface area (TPSA) is 29.5 Å². The van der Waals surface area contributed by atoms with Crippen LogP contribution in [0.4, 0.5) is 0 Å². The van der Waals surface area contributed by atoms with Crippen molar-refractivity contribution in [2.45, 2.75) is 6.42 Å². The normalized spacial score (nSPS) is 10.6. The van der Waals surface area contributed by atoms with E-state index in [1.54, 1.807) is 36.4 Å². The SMILES string of the molecule is COc1cc(CC(=O)/[C]=C\N(C)C)ccc1Cl. The summed E-state index contributed by atoms with van der Waals surface area (Å²) in [6, 6.07) is 5.29. The maximum atomic E-state index is 11.6. The van der Waals surface area contributed by atoms with Gasteiger partial charge in [-0.05, 0) is 17.7 Å². The van der Waals surface area contributed by atoms with Crippen LogP contribution in [0.5, 0.6) is 5.75 Å². The summed E-state index contributed by atoms with van der Waals surface area (Å²) < 4.78 is 5.09. The smallest absolute Gasteiger partial charge is 0.169 e. The van der Waals surface area contributed by atoms with E-state index in [1.165, 1.54) is 0 Å². The monoisotopic (exact) mass is 252 g/mol. The lowest BCUT2D eigenvalue weighted by atomic mass is 10.1. The number of Topliss-reactive ketones (excluding diaryl/α,β-unsaturated/α-hetero) is 1. The standard InChI is InChI=1S/C13H15ClNO2/c1-15(2)7-6-11(16)8-10-4-5-12(14)13(9-10)17-3/h4-5,7,9H,8H2,1-3H3. The van der Waals surface area contributed by atoms with Crippen molar-refractivity contribution < 1.29 is 9.53 Å². The molecule has 1 aromatic carbocycles. The van der Waals surface area contributed by atoms with Gasteiger partial charge in [0.15, 0.2) is 5.78 Å². The van der Waals surface area contributed by atoms with Gasteiger partial charge in [0.05, 0.1) is 12.1 Å². The number of hydrogen-bond donors (Lipinski definition) is 0. The molecule has 0 heterocycles. The number of carbonyl (C=O) groups is 1. The largest absolute Gasteiger partial charge is 0.495 e. The fourth-order valence-electron chi connectivity index (χ4n) is 1.25. The van der Waals surface area contributed by atoms with Crippen LogP contribution in [-0.2, 0) is 11.2 Å². The molecule has 91 valence electrons. The minimum atomic E-state index is -0.0805. The van der Waals surface area contributed by atoms with Gasteiger partial charge in [0.25, 0.3) is 0 Å². The van der Waals surface area contributed by atoms with Gasteiger partial charge < -0.3 is 9.64 Å². The van der Waals surface area contributed by atoms with E-state index in [0.717, 1.165) is 5.56 Å². The van der Waals surface area contributed by atoms with Crippen LogP contribution in [-0.4, -0.2) is 31.9 Å². The molecule has 0 atom stereocenters. The Labute approximate surface area is 107 Å². The molecular formula is C13H15ClNO2. The van der Waals surface area contributed by atoms with Gasteiger partial charge >= 0.3 is 0 Å². The summed E-state index contributed by atoms with van der Waals surface area (Å²) in [5, 5.41) is 0.538. The Hall–Kier alpha value is -1.48. The minimum Gasteiger partial charge on any atom is -0.495 e. The van der Waals surface area contributed by atoms with Crippen molar-refractivity contribution >= 4 is 17.4 Å². The van der Waals surface area contributed by atoms with Crippen molar-refractivity contribution in [2.24, 2.45) is 0 Å². The Morgan fingerprint density at radius 2 is 2.24 bits per heavy atom. The Balaban J connectivity index is 2.72. The van der Waals surface area contributed by atoms with Crippen LogP contribution in [0.25, 0.3) is 0 Å². The number of carbonyl (C=O) groups excluding carboxylic acids is 1. The van der Waals surface area contributed by atoms with Crippen LogP contribution in [0.2, 0.25) is 5.02 Å². The third-order valence-corrected chi connectivity index (χ3v) is 2.38. The lowest BCUT2D eigenvalue weighted by Crippen LogP contribution is -2.05. The zero-order valence-corrected chi connectivity index (χ0v) is 10.9. The second kappa shape index (κ2) is 6.30. The van der Waals surface area contributed by atoms with E-state index in [2.05, 4.69) is 6.08 Å². The van der Waals surface area contributed by atoms with Gasteiger partial charge in [-0.2, -0.15) is 0 Å². The summed E-state index contributed by atoms with van der Waals surface area (Å²) >= 11 is 5.90. The number of ketones is 1. The maximum absolute atomic E-state index is 11.6. The summed E-state index contributed by atoms with van der Waals surface area (Å²) in [6.45, 7) is 0. The molecule has 0 aromatic heterocycles. The highest BCUT2D eigenvalue weighted by Gasteiger charge is 2.05. The van der Waals surface area contributed by atoms with Crippen molar-refractivity contribution in [1.82, 2.24) is 4.90 Å². The Kier molecular flexibility index (Phi) is 5.04. The first-order chi connectivity index (χ1) is 8.02. The highest BCUT2D eigenvalue weighted by molar-refractivity contribution is 6.32. The first kappa shape index (κ1) is 13.6. The van der Waals surface area contributed by atoms with Gasteiger partial charge in [-0.15, -0.1) is 0 Å². The van der Waals surface area contributed by atoms with Crippen LogP contribution < -0.4 is 4.74 Å². The summed E-state index contributed by atoms with van der Waals surface area (Å²) in [6.07, 6.45) is 4.57. The lowest BCUT2D eigenvalue weighted by molar-refractivity contribution is -0.114. The zero-order chi connectivity index (χ0) is 12.8. The number of rotatable bonds is 5. The second-order valence-corrected chi connectivity index (χ2v) is 4.21. The molecular weight excluding hydrogens is 238 g/mol. The molecule has 0 unspecified atom stereocenters. The van der Waals surface area contributed by atoms with Crippen LogP contribution in [0, 0.1) is 6.08 Å². The molecule has 1 radical (unpaired) electrons. The highest BCUT2D eigenvalue weighted by atomic mass is 35.5. The van der Waals surface area contributed by atoms with Gasteiger partial charge in [0.2, 0.25) is 0 Å². The molecule has 0 amide bonds. The number of allylic oxidation sites excluding steroid dienone is 1. The Morgan fingerprint density at radius 1 is 1.53 bits per heavy atom. The van der Waals surface area contributed by atoms with Gasteiger partial charge in [-0.25, -0.2) is 0 Å². The van der Waals surface area contributed by atoms with E-state index in [0.29, 0.717) is 10.8 Å². The minimum absolute atomic E-state index is 0.0805. The number of halogens is 1.